The number of rotatable bonds is 5. The molecule has 5 heteroatoms. The Labute approximate surface area is 113 Å². The van der Waals surface area contributed by atoms with E-state index in [4.69, 9.17) is 9.52 Å². The van der Waals surface area contributed by atoms with Crippen LogP contribution in [0.25, 0.3) is 0 Å². The maximum Gasteiger partial charge on any atom is 0.303 e. The highest BCUT2D eigenvalue weighted by Gasteiger charge is 2.08. The van der Waals surface area contributed by atoms with Gasteiger partial charge in [0.25, 0.3) is 0 Å². The number of hydrogen-bond acceptors (Lipinski definition) is 3. The number of benzene rings is 1. The van der Waals surface area contributed by atoms with Gasteiger partial charge in [0.05, 0.1) is 18.5 Å². The van der Waals surface area contributed by atoms with Crippen LogP contribution in [0, 0.1) is 0 Å². The van der Waals surface area contributed by atoms with Gasteiger partial charge in [0.15, 0.2) is 5.89 Å². The summed E-state index contributed by atoms with van der Waals surface area (Å²) in [4.78, 5) is 14.7. The van der Waals surface area contributed by atoms with E-state index in [2.05, 4.69) is 20.9 Å². The Bertz CT molecular complexity index is 551. The number of halogens is 1. The molecule has 18 heavy (non-hydrogen) atoms. The zero-order chi connectivity index (χ0) is 13.0. The van der Waals surface area contributed by atoms with E-state index in [9.17, 15) is 4.79 Å². The van der Waals surface area contributed by atoms with E-state index in [-0.39, 0.29) is 6.42 Å². The van der Waals surface area contributed by atoms with E-state index in [0.717, 1.165) is 10.0 Å². The molecule has 0 aliphatic rings. The molecule has 4 nitrogen and oxygen atoms in total. The number of carbonyl (C=O) groups is 1. The van der Waals surface area contributed by atoms with Crippen molar-refractivity contribution in [3.63, 3.8) is 0 Å². The van der Waals surface area contributed by atoms with Crippen LogP contribution in [0.1, 0.15) is 23.6 Å². The lowest BCUT2D eigenvalue weighted by Gasteiger charge is -1.99. The van der Waals surface area contributed by atoms with Gasteiger partial charge in [0, 0.05) is 10.9 Å². The summed E-state index contributed by atoms with van der Waals surface area (Å²) >= 11 is 3.46. The van der Waals surface area contributed by atoms with Crippen molar-refractivity contribution >= 4 is 21.9 Å². The highest BCUT2D eigenvalue weighted by Crippen LogP contribution is 2.19. The van der Waals surface area contributed by atoms with Crippen LogP contribution in [-0.2, 0) is 17.6 Å². The van der Waals surface area contributed by atoms with Crippen molar-refractivity contribution in [3.8, 4) is 0 Å². The van der Waals surface area contributed by atoms with Gasteiger partial charge >= 0.3 is 5.97 Å². The van der Waals surface area contributed by atoms with Gasteiger partial charge in [-0.15, -0.1) is 0 Å². The third-order valence-electron chi connectivity index (χ3n) is 2.49. The lowest BCUT2D eigenvalue weighted by Crippen LogP contribution is -1.98. The molecule has 2 rings (SSSR count). The number of nitrogens with zero attached hydrogens (tertiary/aromatic N) is 1. The Morgan fingerprint density at radius 1 is 1.39 bits per heavy atom. The molecular formula is C13H12BrNO3. The molecular weight excluding hydrogens is 298 g/mol. The van der Waals surface area contributed by atoms with E-state index in [1.165, 1.54) is 6.26 Å². The van der Waals surface area contributed by atoms with Gasteiger partial charge in [0.1, 0.15) is 6.26 Å². The van der Waals surface area contributed by atoms with Gasteiger partial charge in [-0.2, -0.15) is 0 Å². The fourth-order valence-electron chi connectivity index (χ4n) is 1.58. The number of aryl methyl sites for hydroxylation is 1. The van der Waals surface area contributed by atoms with Crippen LogP contribution in [0.4, 0.5) is 0 Å². The van der Waals surface area contributed by atoms with Crippen LogP contribution < -0.4 is 0 Å². The van der Waals surface area contributed by atoms with Crippen molar-refractivity contribution in [2.24, 2.45) is 0 Å². The van der Waals surface area contributed by atoms with Crippen LogP contribution in [-0.4, -0.2) is 16.1 Å². The molecule has 0 spiro atoms. The molecule has 0 aliphatic heterocycles. The number of carboxylic acid groups (broad SMARTS) is 1. The van der Waals surface area contributed by atoms with Crippen molar-refractivity contribution < 1.29 is 14.3 Å². The zero-order valence-electron chi connectivity index (χ0n) is 9.60. The van der Waals surface area contributed by atoms with E-state index < -0.39 is 5.97 Å². The monoisotopic (exact) mass is 309 g/mol. The zero-order valence-corrected chi connectivity index (χ0v) is 11.2. The predicted molar refractivity (Wildman–Crippen MR) is 69.4 cm³/mol. The van der Waals surface area contributed by atoms with Crippen LogP contribution in [0.2, 0.25) is 0 Å². The Balaban J connectivity index is 2.02. The molecule has 94 valence electrons. The number of carboxylic acids is 1. The number of aromatic nitrogens is 1. The van der Waals surface area contributed by atoms with E-state index in [0.29, 0.717) is 24.4 Å². The fraction of sp³-hybridized carbons (Fsp3) is 0.231. The molecule has 1 aromatic carbocycles. The predicted octanol–water partition coefficient (Wildman–Crippen LogP) is 3.05. The minimum atomic E-state index is -0.828. The van der Waals surface area contributed by atoms with Crippen molar-refractivity contribution in [2.45, 2.75) is 19.3 Å². The fourth-order valence-corrected chi connectivity index (χ4v) is 2.01. The lowest BCUT2D eigenvalue weighted by molar-refractivity contribution is -0.136. The van der Waals surface area contributed by atoms with Crippen LogP contribution in [0.3, 0.4) is 0 Å². The van der Waals surface area contributed by atoms with Crippen LogP contribution in [0.5, 0.6) is 0 Å². The Morgan fingerprint density at radius 2 is 2.17 bits per heavy atom. The average molecular weight is 310 g/mol. The van der Waals surface area contributed by atoms with Gasteiger partial charge in [-0.05, 0) is 11.6 Å². The first-order valence-corrected chi connectivity index (χ1v) is 6.33. The second kappa shape index (κ2) is 5.82. The van der Waals surface area contributed by atoms with E-state index in [1.807, 2.05) is 24.3 Å². The molecule has 0 unspecified atom stereocenters. The second-order valence-electron chi connectivity index (χ2n) is 3.89. The standard InChI is InChI=1S/C13H12BrNO3/c14-11-4-2-1-3-9(11)7-12-15-10(8-18-12)5-6-13(16)17/h1-4,8H,5-7H2,(H,16,17). The summed E-state index contributed by atoms with van der Waals surface area (Å²) < 4.78 is 6.34. The summed E-state index contributed by atoms with van der Waals surface area (Å²) in [5, 5.41) is 8.59. The third-order valence-corrected chi connectivity index (χ3v) is 3.27. The molecule has 1 aromatic heterocycles. The third kappa shape index (κ3) is 3.43. The van der Waals surface area contributed by atoms with Crippen molar-refractivity contribution in [3.05, 3.63) is 52.1 Å². The molecule has 0 saturated carbocycles. The topological polar surface area (TPSA) is 63.3 Å². The van der Waals surface area contributed by atoms with E-state index in [1.54, 1.807) is 0 Å². The van der Waals surface area contributed by atoms with Crippen molar-refractivity contribution in [1.82, 2.24) is 4.98 Å². The highest BCUT2D eigenvalue weighted by atomic mass is 79.9. The van der Waals surface area contributed by atoms with E-state index >= 15 is 0 Å². The Morgan fingerprint density at radius 3 is 2.89 bits per heavy atom. The van der Waals surface area contributed by atoms with Crippen molar-refractivity contribution in [2.75, 3.05) is 0 Å². The summed E-state index contributed by atoms with van der Waals surface area (Å²) in [5.41, 5.74) is 1.77. The summed E-state index contributed by atoms with van der Waals surface area (Å²) in [6.45, 7) is 0. The van der Waals surface area contributed by atoms with Crippen LogP contribution in [0.15, 0.2) is 39.4 Å². The first-order chi connectivity index (χ1) is 8.65. The Hall–Kier alpha value is -1.62. The molecule has 1 heterocycles. The number of aliphatic carboxylic acids is 1. The quantitative estimate of drug-likeness (QED) is 0.922. The average Bonchev–Trinajstić information content (AvgIpc) is 2.77. The molecule has 0 radical (unpaired) electrons. The van der Waals surface area contributed by atoms with Crippen molar-refractivity contribution in [1.29, 1.82) is 0 Å². The molecule has 0 saturated heterocycles. The molecule has 2 aromatic rings. The van der Waals surface area contributed by atoms with Gasteiger partial charge in [-0.25, -0.2) is 4.98 Å². The minimum absolute atomic E-state index is 0.0704. The molecule has 0 amide bonds. The van der Waals surface area contributed by atoms with Crippen LogP contribution >= 0.6 is 15.9 Å². The molecule has 0 aliphatic carbocycles. The Kier molecular flexibility index (Phi) is 4.15. The largest absolute Gasteiger partial charge is 0.481 e. The van der Waals surface area contributed by atoms with Gasteiger partial charge in [-0.1, -0.05) is 34.1 Å². The normalized spacial score (nSPS) is 10.5. The number of oxazole rings is 1. The summed E-state index contributed by atoms with van der Waals surface area (Å²) in [6.07, 6.45) is 2.58. The first kappa shape index (κ1) is 12.8. The maximum atomic E-state index is 10.5. The summed E-state index contributed by atoms with van der Waals surface area (Å²) in [7, 11) is 0. The lowest BCUT2D eigenvalue weighted by atomic mass is 10.1. The minimum Gasteiger partial charge on any atom is -0.481 e. The molecule has 0 bridgehead atoms. The highest BCUT2D eigenvalue weighted by molar-refractivity contribution is 9.10. The van der Waals surface area contributed by atoms with Gasteiger partial charge in [0.2, 0.25) is 0 Å². The second-order valence-corrected chi connectivity index (χ2v) is 4.75. The maximum absolute atomic E-state index is 10.5. The SMILES string of the molecule is O=C(O)CCc1coc(Cc2ccccc2Br)n1. The summed E-state index contributed by atoms with van der Waals surface area (Å²) in [6, 6.07) is 7.85. The smallest absolute Gasteiger partial charge is 0.303 e. The molecule has 0 atom stereocenters. The molecule has 1 N–H and O–H groups in total. The first-order valence-electron chi connectivity index (χ1n) is 5.53. The van der Waals surface area contributed by atoms with Gasteiger partial charge in [-0.3, -0.25) is 4.79 Å². The number of hydrogen-bond donors (Lipinski definition) is 1. The van der Waals surface area contributed by atoms with Gasteiger partial charge < -0.3 is 9.52 Å². The summed E-state index contributed by atoms with van der Waals surface area (Å²) in [5.74, 6) is -0.229. The molecule has 0 fully saturated rings.